The third-order valence-corrected chi connectivity index (χ3v) is 5.66. The van der Waals surface area contributed by atoms with Crippen molar-refractivity contribution in [2.24, 2.45) is 0 Å². The van der Waals surface area contributed by atoms with Crippen LogP contribution in [0.2, 0.25) is 0 Å². The zero-order valence-electron chi connectivity index (χ0n) is 16.0. The van der Waals surface area contributed by atoms with Gasteiger partial charge in [0.2, 0.25) is 24.5 Å². The average molecular weight is 441 g/mol. The lowest BCUT2D eigenvalue weighted by atomic mass is 10.3. The van der Waals surface area contributed by atoms with Crippen LogP contribution in [0.1, 0.15) is 12.8 Å². The Hall–Kier alpha value is -2.43. The van der Waals surface area contributed by atoms with Gasteiger partial charge in [0.1, 0.15) is 6.54 Å². The van der Waals surface area contributed by atoms with Gasteiger partial charge in [0.05, 0.1) is 10.2 Å². The van der Waals surface area contributed by atoms with Crippen molar-refractivity contribution in [3.63, 3.8) is 0 Å². The molecule has 0 atom stereocenters. The number of hydrogen-bond donors (Lipinski definition) is 0. The third kappa shape index (κ3) is 4.29. The van der Waals surface area contributed by atoms with Crippen LogP contribution < -0.4 is 14.4 Å². The Morgan fingerprint density at radius 2 is 1.79 bits per heavy atom. The van der Waals surface area contributed by atoms with Crippen LogP contribution in [0.3, 0.4) is 0 Å². The molecule has 3 heterocycles. The van der Waals surface area contributed by atoms with E-state index >= 15 is 0 Å². The van der Waals surface area contributed by atoms with Crippen molar-refractivity contribution in [3.8, 4) is 11.5 Å². The SMILES string of the molecule is CN(C)CCN(C(=O)CN1C(=O)CCC1=O)c1nc2cc3c(cc2s1)OCO3.Cl. The molecule has 1 aromatic heterocycles. The number of anilines is 1. The first kappa shape index (κ1) is 21.3. The normalized spacial score (nSPS) is 15.3. The number of thiazole rings is 1. The van der Waals surface area contributed by atoms with E-state index in [9.17, 15) is 14.4 Å². The molecule has 0 unspecified atom stereocenters. The third-order valence-electron chi connectivity index (χ3n) is 4.62. The highest BCUT2D eigenvalue weighted by molar-refractivity contribution is 7.22. The van der Waals surface area contributed by atoms with E-state index in [1.165, 1.54) is 16.2 Å². The molecule has 1 fully saturated rings. The number of hydrogen-bond acceptors (Lipinski definition) is 8. The average Bonchev–Trinajstić information content (AvgIpc) is 3.34. The number of aromatic nitrogens is 1. The summed E-state index contributed by atoms with van der Waals surface area (Å²) in [7, 11) is 3.82. The predicted octanol–water partition coefficient (Wildman–Crippen LogP) is 1.49. The van der Waals surface area contributed by atoms with Crippen LogP contribution in [-0.4, -0.2) is 73.0 Å². The summed E-state index contributed by atoms with van der Waals surface area (Å²) < 4.78 is 11.7. The van der Waals surface area contributed by atoms with Crippen LogP contribution in [0, 0.1) is 0 Å². The number of halogens is 1. The van der Waals surface area contributed by atoms with Crippen molar-refractivity contribution in [2.75, 3.05) is 45.4 Å². The van der Waals surface area contributed by atoms with Gasteiger partial charge in [-0.25, -0.2) is 4.98 Å². The van der Waals surface area contributed by atoms with Gasteiger partial charge >= 0.3 is 0 Å². The van der Waals surface area contributed by atoms with Crippen molar-refractivity contribution in [1.82, 2.24) is 14.8 Å². The molecular weight excluding hydrogens is 420 g/mol. The standard InChI is InChI=1S/C18H20N4O5S.ClH/c1-20(2)5-6-21(17(25)9-22-15(23)3-4-16(22)24)18-19-11-7-12-13(27-10-26-12)8-14(11)28-18;/h7-8H,3-6,9-10H2,1-2H3;1H. The zero-order valence-corrected chi connectivity index (χ0v) is 17.7. The number of fused-ring (bicyclic) bond motifs is 2. The van der Waals surface area contributed by atoms with Crippen molar-refractivity contribution < 1.29 is 23.9 Å². The molecule has 0 saturated carbocycles. The molecule has 11 heteroatoms. The molecule has 0 N–H and O–H groups in total. The fourth-order valence-electron chi connectivity index (χ4n) is 3.07. The maximum Gasteiger partial charge on any atom is 0.248 e. The Kier molecular flexibility index (Phi) is 6.25. The largest absolute Gasteiger partial charge is 0.454 e. The summed E-state index contributed by atoms with van der Waals surface area (Å²) in [6.07, 6.45) is 0.326. The fourth-order valence-corrected chi connectivity index (χ4v) is 4.09. The van der Waals surface area contributed by atoms with Crippen LogP contribution in [0.4, 0.5) is 5.13 Å². The van der Waals surface area contributed by atoms with E-state index in [0.717, 1.165) is 9.60 Å². The molecule has 0 spiro atoms. The zero-order chi connectivity index (χ0) is 19.8. The Morgan fingerprint density at radius 1 is 1.14 bits per heavy atom. The number of imide groups is 1. The van der Waals surface area contributed by atoms with Crippen LogP contribution in [0.5, 0.6) is 11.5 Å². The van der Waals surface area contributed by atoms with E-state index in [4.69, 9.17) is 9.47 Å². The number of benzene rings is 1. The second-order valence-corrected chi connectivity index (χ2v) is 7.90. The van der Waals surface area contributed by atoms with Crippen molar-refractivity contribution in [1.29, 1.82) is 0 Å². The first-order valence-electron chi connectivity index (χ1n) is 8.91. The van der Waals surface area contributed by atoms with Gasteiger partial charge in [-0.05, 0) is 14.1 Å². The Morgan fingerprint density at radius 3 is 2.45 bits per heavy atom. The summed E-state index contributed by atoms with van der Waals surface area (Å²) in [5, 5.41) is 0.518. The lowest BCUT2D eigenvalue weighted by Crippen LogP contribution is -2.44. The molecule has 1 aromatic carbocycles. The van der Waals surface area contributed by atoms with Crippen LogP contribution in [0.15, 0.2) is 12.1 Å². The van der Waals surface area contributed by atoms with Crippen molar-refractivity contribution >= 4 is 56.8 Å². The van der Waals surface area contributed by atoms with E-state index in [-0.39, 0.29) is 56.3 Å². The van der Waals surface area contributed by atoms with E-state index in [0.29, 0.717) is 35.2 Å². The number of likely N-dealkylation sites (tertiary alicyclic amines) is 1. The fraction of sp³-hybridized carbons (Fsp3) is 0.444. The van der Waals surface area contributed by atoms with E-state index in [1.807, 2.05) is 25.1 Å². The van der Waals surface area contributed by atoms with E-state index in [1.54, 1.807) is 6.07 Å². The van der Waals surface area contributed by atoms with Gasteiger partial charge in [-0.15, -0.1) is 12.4 Å². The molecule has 2 aliphatic rings. The summed E-state index contributed by atoms with van der Waals surface area (Å²) in [5.74, 6) is 0.345. The molecule has 29 heavy (non-hydrogen) atoms. The molecule has 0 bridgehead atoms. The lowest BCUT2D eigenvalue weighted by molar-refractivity contribution is -0.141. The molecule has 156 valence electrons. The first-order valence-corrected chi connectivity index (χ1v) is 9.72. The second kappa shape index (κ2) is 8.52. The van der Waals surface area contributed by atoms with Gasteiger partial charge in [0, 0.05) is 38.1 Å². The number of amides is 3. The van der Waals surface area contributed by atoms with Gasteiger partial charge in [0.15, 0.2) is 16.6 Å². The second-order valence-electron chi connectivity index (χ2n) is 6.89. The highest BCUT2D eigenvalue weighted by Gasteiger charge is 2.33. The van der Waals surface area contributed by atoms with E-state index in [2.05, 4.69) is 4.98 Å². The van der Waals surface area contributed by atoms with Crippen LogP contribution in [-0.2, 0) is 14.4 Å². The van der Waals surface area contributed by atoms with Crippen LogP contribution in [0.25, 0.3) is 10.2 Å². The minimum absolute atomic E-state index is 0. The number of carbonyl (C=O) groups is 3. The first-order chi connectivity index (χ1) is 13.4. The molecule has 2 aromatic rings. The molecule has 1 saturated heterocycles. The van der Waals surface area contributed by atoms with Gasteiger partial charge in [-0.2, -0.15) is 0 Å². The van der Waals surface area contributed by atoms with Crippen molar-refractivity contribution in [2.45, 2.75) is 12.8 Å². The molecule has 2 aliphatic heterocycles. The summed E-state index contributed by atoms with van der Waals surface area (Å²) in [6, 6.07) is 3.64. The smallest absolute Gasteiger partial charge is 0.248 e. The highest BCUT2D eigenvalue weighted by Crippen LogP contribution is 2.39. The molecular formula is C18H21ClN4O5S. The van der Waals surface area contributed by atoms with Gasteiger partial charge in [0.25, 0.3) is 0 Å². The molecule has 3 amide bonds. The number of carbonyl (C=O) groups excluding carboxylic acids is 3. The number of rotatable bonds is 6. The number of ether oxygens (including phenoxy) is 2. The number of likely N-dealkylation sites (N-methyl/N-ethyl adjacent to an activating group) is 1. The minimum Gasteiger partial charge on any atom is -0.454 e. The van der Waals surface area contributed by atoms with Crippen molar-refractivity contribution in [3.05, 3.63) is 12.1 Å². The van der Waals surface area contributed by atoms with Gasteiger partial charge in [-0.3, -0.25) is 24.2 Å². The highest BCUT2D eigenvalue weighted by atomic mass is 35.5. The Labute approximate surface area is 177 Å². The molecule has 0 radical (unpaired) electrons. The summed E-state index contributed by atoms with van der Waals surface area (Å²) in [5.41, 5.74) is 0.709. The monoisotopic (exact) mass is 440 g/mol. The maximum absolute atomic E-state index is 13.0. The van der Waals surface area contributed by atoms with Crippen LogP contribution >= 0.6 is 23.7 Å². The van der Waals surface area contributed by atoms with E-state index < -0.39 is 0 Å². The topological polar surface area (TPSA) is 92.3 Å². The maximum atomic E-state index is 13.0. The number of nitrogens with zero attached hydrogens (tertiary/aromatic N) is 4. The summed E-state index contributed by atoms with van der Waals surface area (Å²) in [6.45, 7) is 0.940. The van der Waals surface area contributed by atoms with Gasteiger partial charge in [-0.1, -0.05) is 11.3 Å². The lowest BCUT2D eigenvalue weighted by Gasteiger charge is -2.24. The summed E-state index contributed by atoms with van der Waals surface area (Å²) >= 11 is 1.36. The Bertz CT molecular complexity index is 906. The molecule has 9 nitrogen and oxygen atoms in total. The predicted molar refractivity (Wildman–Crippen MR) is 110 cm³/mol. The summed E-state index contributed by atoms with van der Waals surface area (Å²) in [4.78, 5) is 45.8. The molecule has 4 rings (SSSR count). The minimum atomic E-state index is -0.329. The quantitative estimate of drug-likeness (QED) is 0.628. The Balaban J connectivity index is 0.00000240. The molecule has 0 aliphatic carbocycles. The van der Waals surface area contributed by atoms with Gasteiger partial charge < -0.3 is 14.4 Å².